The SMILES string of the molecule is COc1ccc(CC(C)NCC2CC=CCC2)cc1OC. The number of allylic oxidation sites excluding steroid dienone is 2. The van der Waals surface area contributed by atoms with Gasteiger partial charge in [0, 0.05) is 6.04 Å². The molecule has 2 atom stereocenters. The van der Waals surface area contributed by atoms with Crippen LogP contribution in [0.3, 0.4) is 0 Å². The minimum absolute atomic E-state index is 0.467. The van der Waals surface area contributed by atoms with E-state index in [1.54, 1.807) is 14.2 Å². The molecule has 0 saturated heterocycles. The summed E-state index contributed by atoms with van der Waals surface area (Å²) >= 11 is 0. The van der Waals surface area contributed by atoms with E-state index in [1.165, 1.54) is 24.8 Å². The van der Waals surface area contributed by atoms with E-state index in [0.29, 0.717) is 6.04 Å². The highest BCUT2D eigenvalue weighted by Crippen LogP contribution is 2.28. The molecular weight excluding hydrogens is 262 g/mol. The zero-order valence-corrected chi connectivity index (χ0v) is 13.4. The summed E-state index contributed by atoms with van der Waals surface area (Å²) < 4.78 is 10.6. The lowest BCUT2D eigenvalue weighted by atomic mass is 9.94. The van der Waals surface area contributed by atoms with Crippen molar-refractivity contribution in [3.63, 3.8) is 0 Å². The fraction of sp³-hybridized carbons (Fsp3) is 0.556. The molecule has 0 aromatic heterocycles. The van der Waals surface area contributed by atoms with Crippen molar-refractivity contribution in [3.05, 3.63) is 35.9 Å². The molecule has 0 amide bonds. The van der Waals surface area contributed by atoms with E-state index in [-0.39, 0.29) is 0 Å². The zero-order valence-electron chi connectivity index (χ0n) is 13.4. The Labute approximate surface area is 128 Å². The Kier molecular flexibility index (Phi) is 6.12. The molecule has 2 rings (SSSR count). The molecule has 0 fully saturated rings. The summed E-state index contributed by atoms with van der Waals surface area (Å²) in [6.07, 6.45) is 9.38. The minimum atomic E-state index is 0.467. The molecule has 1 aliphatic carbocycles. The van der Waals surface area contributed by atoms with Gasteiger partial charge in [-0.1, -0.05) is 18.2 Å². The first-order valence-corrected chi connectivity index (χ1v) is 7.82. The number of hydrogen-bond donors (Lipinski definition) is 1. The summed E-state index contributed by atoms with van der Waals surface area (Å²) in [6.45, 7) is 3.36. The van der Waals surface area contributed by atoms with Gasteiger partial charge in [-0.3, -0.25) is 0 Å². The summed E-state index contributed by atoms with van der Waals surface area (Å²) in [5.74, 6) is 2.39. The average molecular weight is 289 g/mol. The van der Waals surface area contributed by atoms with Crippen LogP contribution in [0, 0.1) is 5.92 Å². The summed E-state index contributed by atoms with van der Waals surface area (Å²) in [5.41, 5.74) is 1.27. The Morgan fingerprint density at radius 2 is 2.00 bits per heavy atom. The summed E-state index contributed by atoms with van der Waals surface area (Å²) in [6, 6.07) is 6.63. The van der Waals surface area contributed by atoms with Gasteiger partial charge < -0.3 is 14.8 Å². The molecule has 1 aromatic carbocycles. The van der Waals surface area contributed by atoms with E-state index < -0.39 is 0 Å². The summed E-state index contributed by atoms with van der Waals surface area (Å²) in [7, 11) is 3.35. The monoisotopic (exact) mass is 289 g/mol. The van der Waals surface area contributed by atoms with Crippen LogP contribution in [0.25, 0.3) is 0 Å². The second-order valence-electron chi connectivity index (χ2n) is 5.85. The molecule has 0 heterocycles. The predicted octanol–water partition coefficient (Wildman–Crippen LogP) is 3.58. The molecule has 1 aromatic rings. The van der Waals surface area contributed by atoms with Crippen molar-refractivity contribution in [1.82, 2.24) is 5.32 Å². The first-order valence-electron chi connectivity index (χ1n) is 7.82. The molecule has 2 unspecified atom stereocenters. The van der Waals surface area contributed by atoms with E-state index in [9.17, 15) is 0 Å². The van der Waals surface area contributed by atoms with Crippen LogP contribution in [-0.4, -0.2) is 26.8 Å². The van der Waals surface area contributed by atoms with Crippen LogP contribution in [0.2, 0.25) is 0 Å². The number of benzene rings is 1. The van der Waals surface area contributed by atoms with Crippen molar-refractivity contribution in [2.45, 2.75) is 38.6 Å². The Morgan fingerprint density at radius 3 is 2.67 bits per heavy atom. The van der Waals surface area contributed by atoms with Crippen LogP contribution in [0.15, 0.2) is 30.4 Å². The molecule has 0 radical (unpaired) electrons. The van der Waals surface area contributed by atoms with E-state index in [2.05, 4.69) is 36.5 Å². The van der Waals surface area contributed by atoms with E-state index in [4.69, 9.17) is 9.47 Å². The van der Waals surface area contributed by atoms with Crippen LogP contribution in [0.4, 0.5) is 0 Å². The normalized spacial score (nSPS) is 19.3. The fourth-order valence-electron chi connectivity index (χ4n) is 2.84. The largest absolute Gasteiger partial charge is 0.493 e. The van der Waals surface area contributed by atoms with E-state index in [0.717, 1.165) is 30.4 Å². The smallest absolute Gasteiger partial charge is 0.160 e. The molecule has 21 heavy (non-hydrogen) atoms. The highest BCUT2D eigenvalue weighted by molar-refractivity contribution is 5.43. The van der Waals surface area contributed by atoms with Crippen LogP contribution < -0.4 is 14.8 Å². The van der Waals surface area contributed by atoms with Gasteiger partial charge in [-0.2, -0.15) is 0 Å². The third-order valence-electron chi connectivity index (χ3n) is 4.12. The number of ether oxygens (including phenoxy) is 2. The molecule has 0 bridgehead atoms. The standard InChI is InChI=1S/C18H27NO2/c1-14(19-13-15-7-5-4-6-8-15)11-16-9-10-17(20-2)18(12-16)21-3/h4-5,9-10,12,14-15,19H,6-8,11,13H2,1-3H3. The second-order valence-corrected chi connectivity index (χ2v) is 5.85. The molecule has 1 N–H and O–H groups in total. The molecule has 1 aliphatic rings. The number of methoxy groups -OCH3 is 2. The first kappa shape index (κ1) is 15.9. The van der Waals surface area contributed by atoms with Crippen LogP contribution in [0.1, 0.15) is 31.7 Å². The predicted molar refractivity (Wildman–Crippen MR) is 87.2 cm³/mol. The van der Waals surface area contributed by atoms with Crippen LogP contribution >= 0.6 is 0 Å². The molecule has 3 heteroatoms. The lowest BCUT2D eigenvalue weighted by Crippen LogP contribution is -2.33. The van der Waals surface area contributed by atoms with Gasteiger partial charge >= 0.3 is 0 Å². The van der Waals surface area contributed by atoms with Crippen molar-refractivity contribution < 1.29 is 9.47 Å². The van der Waals surface area contributed by atoms with E-state index in [1.807, 2.05) is 6.07 Å². The number of hydrogen-bond acceptors (Lipinski definition) is 3. The van der Waals surface area contributed by atoms with Gasteiger partial charge in [0.2, 0.25) is 0 Å². The zero-order chi connectivity index (χ0) is 15.1. The van der Waals surface area contributed by atoms with Crippen molar-refractivity contribution in [1.29, 1.82) is 0 Å². The van der Waals surface area contributed by atoms with Crippen LogP contribution in [0.5, 0.6) is 11.5 Å². The molecule has 116 valence electrons. The van der Waals surface area contributed by atoms with E-state index >= 15 is 0 Å². The average Bonchev–Trinajstić information content (AvgIpc) is 2.53. The Balaban J connectivity index is 1.84. The van der Waals surface area contributed by atoms with Gasteiger partial charge in [0.15, 0.2) is 11.5 Å². The van der Waals surface area contributed by atoms with Crippen molar-refractivity contribution in [2.75, 3.05) is 20.8 Å². The van der Waals surface area contributed by atoms with Crippen molar-refractivity contribution >= 4 is 0 Å². The van der Waals surface area contributed by atoms with Crippen molar-refractivity contribution in [3.8, 4) is 11.5 Å². The Hall–Kier alpha value is -1.48. The Morgan fingerprint density at radius 1 is 1.19 bits per heavy atom. The molecule has 0 saturated carbocycles. The third kappa shape index (κ3) is 4.78. The number of rotatable bonds is 7. The molecule has 0 aliphatic heterocycles. The molecule has 0 spiro atoms. The fourth-order valence-corrected chi connectivity index (χ4v) is 2.84. The van der Waals surface area contributed by atoms with Gasteiger partial charge in [-0.05, 0) is 62.8 Å². The highest BCUT2D eigenvalue weighted by Gasteiger charge is 2.12. The van der Waals surface area contributed by atoms with Crippen molar-refractivity contribution in [2.24, 2.45) is 5.92 Å². The quantitative estimate of drug-likeness (QED) is 0.778. The third-order valence-corrected chi connectivity index (χ3v) is 4.12. The maximum Gasteiger partial charge on any atom is 0.160 e. The lowest BCUT2D eigenvalue weighted by molar-refractivity contribution is 0.354. The summed E-state index contributed by atoms with van der Waals surface area (Å²) in [4.78, 5) is 0. The number of nitrogens with one attached hydrogen (secondary N) is 1. The summed E-state index contributed by atoms with van der Waals surface area (Å²) in [5, 5.41) is 3.66. The van der Waals surface area contributed by atoms with Gasteiger partial charge in [0.1, 0.15) is 0 Å². The van der Waals surface area contributed by atoms with Gasteiger partial charge in [0.05, 0.1) is 14.2 Å². The highest BCUT2D eigenvalue weighted by atomic mass is 16.5. The van der Waals surface area contributed by atoms with Gasteiger partial charge in [-0.15, -0.1) is 0 Å². The van der Waals surface area contributed by atoms with Gasteiger partial charge in [0.25, 0.3) is 0 Å². The maximum absolute atomic E-state index is 5.36. The topological polar surface area (TPSA) is 30.5 Å². The van der Waals surface area contributed by atoms with Crippen LogP contribution in [-0.2, 0) is 6.42 Å². The molecule has 3 nitrogen and oxygen atoms in total. The Bertz CT molecular complexity index is 470. The molecular formula is C18H27NO2. The second kappa shape index (κ2) is 8.08. The van der Waals surface area contributed by atoms with Gasteiger partial charge in [-0.25, -0.2) is 0 Å². The minimum Gasteiger partial charge on any atom is -0.493 e. The maximum atomic E-state index is 5.36. The first-order chi connectivity index (χ1) is 10.2. The lowest BCUT2D eigenvalue weighted by Gasteiger charge is -2.21.